The Morgan fingerprint density at radius 1 is 1.69 bits per heavy atom. The Balaban J connectivity index is 2.41. The molecule has 1 aliphatic rings. The molecule has 5 heteroatoms. The molecule has 0 unspecified atom stereocenters. The van der Waals surface area contributed by atoms with Gasteiger partial charge < -0.3 is 9.84 Å². The van der Waals surface area contributed by atoms with E-state index in [0.29, 0.717) is 13.2 Å². The van der Waals surface area contributed by atoms with Crippen LogP contribution < -0.4 is 5.43 Å². The minimum atomic E-state index is -1.39. The third kappa shape index (κ3) is 3.12. The SMILES string of the molecule is CC(C)(O)C(=O)N/N=C1/CCOC1. The van der Waals surface area contributed by atoms with E-state index < -0.39 is 11.5 Å². The number of rotatable bonds is 2. The zero-order valence-corrected chi connectivity index (χ0v) is 7.83. The molecule has 0 bridgehead atoms. The highest BCUT2D eigenvalue weighted by Gasteiger charge is 2.23. The number of nitrogens with zero attached hydrogens (tertiary/aromatic N) is 1. The minimum absolute atomic E-state index is 0.464. The molecule has 13 heavy (non-hydrogen) atoms. The van der Waals surface area contributed by atoms with E-state index in [1.807, 2.05) is 0 Å². The van der Waals surface area contributed by atoms with Gasteiger partial charge in [0.25, 0.3) is 5.91 Å². The van der Waals surface area contributed by atoms with Gasteiger partial charge in [-0.15, -0.1) is 0 Å². The predicted molar refractivity (Wildman–Crippen MR) is 47.3 cm³/mol. The molecule has 0 aromatic carbocycles. The van der Waals surface area contributed by atoms with E-state index in [9.17, 15) is 9.90 Å². The lowest BCUT2D eigenvalue weighted by atomic mass is 10.1. The zero-order chi connectivity index (χ0) is 9.90. The Morgan fingerprint density at radius 2 is 2.38 bits per heavy atom. The second-order valence-corrected chi connectivity index (χ2v) is 3.48. The fourth-order valence-electron chi connectivity index (χ4n) is 0.807. The molecule has 0 saturated carbocycles. The number of carbonyl (C=O) groups is 1. The smallest absolute Gasteiger partial charge is 0.271 e. The van der Waals surface area contributed by atoms with Crippen molar-refractivity contribution >= 4 is 11.6 Å². The van der Waals surface area contributed by atoms with E-state index in [4.69, 9.17) is 4.74 Å². The second-order valence-electron chi connectivity index (χ2n) is 3.48. The first-order valence-electron chi connectivity index (χ1n) is 4.16. The lowest BCUT2D eigenvalue weighted by molar-refractivity contribution is -0.136. The summed E-state index contributed by atoms with van der Waals surface area (Å²) < 4.78 is 5.03. The van der Waals surface area contributed by atoms with Crippen LogP contribution >= 0.6 is 0 Å². The Labute approximate surface area is 76.8 Å². The second kappa shape index (κ2) is 3.85. The molecule has 2 N–H and O–H groups in total. The Kier molecular flexibility index (Phi) is 3.00. The van der Waals surface area contributed by atoms with E-state index in [-0.39, 0.29) is 0 Å². The summed E-state index contributed by atoms with van der Waals surface area (Å²) in [6.45, 7) is 3.94. The summed E-state index contributed by atoms with van der Waals surface area (Å²) in [4.78, 5) is 11.1. The summed E-state index contributed by atoms with van der Waals surface area (Å²) in [5.74, 6) is -0.507. The molecule has 0 spiro atoms. The van der Waals surface area contributed by atoms with Gasteiger partial charge in [-0.05, 0) is 13.8 Å². The van der Waals surface area contributed by atoms with Gasteiger partial charge in [-0.1, -0.05) is 0 Å². The molecular formula is C8H14N2O3. The maximum absolute atomic E-state index is 11.1. The number of aliphatic hydroxyl groups is 1. The van der Waals surface area contributed by atoms with Crippen molar-refractivity contribution in [2.75, 3.05) is 13.2 Å². The van der Waals surface area contributed by atoms with Crippen LogP contribution in [0.15, 0.2) is 5.10 Å². The molecule has 0 atom stereocenters. The van der Waals surface area contributed by atoms with Crippen LogP contribution in [-0.2, 0) is 9.53 Å². The number of nitrogens with one attached hydrogen (secondary N) is 1. The Morgan fingerprint density at radius 3 is 2.85 bits per heavy atom. The van der Waals surface area contributed by atoms with Crippen molar-refractivity contribution in [1.29, 1.82) is 0 Å². The third-order valence-electron chi connectivity index (χ3n) is 1.67. The average Bonchev–Trinajstić information content (AvgIpc) is 2.50. The van der Waals surface area contributed by atoms with Gasteiger partial charge in [-0.2, -0.15) is 5.10 Å². The summed E-state index contributed by atoms with van der Waals surface area (Å²) in [5.41, 5.74) is 1.70. The molecule has 1 rings (SSSR count). The summed E-state index contributed by atoms with van der Waals surface area (Å²) in [6, 6.07) is 0. The summed E-state index contributed by atoms with van der Waals surface area (Å²) in [6.07, 6.45) is 0.742. The molecule has 5 nitrogen and oxygen atoms in total. The number of hydrogen-bond donors (Lipinski definition) is 2. The first-order chi connectivity index (χ1) is 6.00. The molecule has 0 aliphatic carbocycles. The predicted octanol–water partition coefficient (Wildman–Crippen LogP) is -0.350. The van der Waals surface area contributed by atoms with Crippen LogP contribution in [-0.4, -0.2) is 35.5 Å². The van der Waals surface area contributed by atoms with Crippen LogP contribution in [0.3, 0.4) is 0 Å². The molecule has 0 aromatic heterocycles. The summed E-state index contributed by atoms with van der Waals surface area (Å²) in [7, 11) is 0. The largest absolute Gasteiger partial charge is 0.381 e. The quantitative estimate of drug-likeness (QED) is 0.579. The molecule has 1 saturated heterocycles. The van der Waals surface area contributed by atoms with Gasteiger partial charge in [0.05, 0.1) is 18.9 Å². The van der Waals surface area contributed by atoms with Crippen molar-refractivity contribution in [1.82, 2.24) is 5.43 Å². The Hall–Kier alpha value is -0.940. The van der Waals surface area contributed by atoms with Crippen molar-refractivity contribution in [2.45, 2.75) is 25.9 Å². The number of carbonyl (C=O) groups excluding carboxylic acids is 1. The first-order valence-corrected chi connectivity index (χ1v) is 4.16. The fraction of sp³-hybridized carbons (Fsp3) is 0.750. The standard InChI is InChI=1S/C8H14N2O3/c1-8(2,12)7(11)10-9-6-3-4-13-5-6/h12H,3-5H2,1-2H3,(H,10,11)/b9-6-. The van der Waals surface area contributed by atoms with Gasteiger partial charge in [0.1, 0.15) is 5.60 Å². The van der Waals surface area contributed by atoms with Crippen LogP contribution in [0.4, 0.5) is 0 Å². The maximum Gasteiger partial charge on any atom is 0.271 e. The van der Waals surface area contributed by atoms with Gasteiger partial charge >= 0.3 is 0 Å². The van der Waals surface area contributed by atoms with Crippen LogP contribution in [0.5, 0.6) is 0 Å². The van der Waals surface area contributed by atoms with E-state index in [2.05, 4.69) is 10.5 Å². The van der Waals surface area contributed by atoms with Crippen LogP contribution in [0.1, 0.15) is 20.3 Å². The minimum Gasteiger partial charge on any atom is -0.381 e. The summed E-state index contributed by atoms with van der Waals surface area (Å²) >= 11 is 0. The number of ether oxygens (including phenoxy) is 1. The van der Waals surface area contributed by atoms with Crippen molar-refractivity contribution < 1.29 is 14.6 Å². The maximum atomic E-state index is 11.1. The normalized spacial score (nSPS) is 20.7. The van der Waals surface area contributed by atoms with E-state index in [0.717, 1.165) is 12.1 Å². The third-order valence-corrected chi connectivity index (χ3v) is 1.67. The lowest BCUT2D eigenvalue weighted by Gasteiger charge is -2.13. The van der Waals surface area contributed by atoms with E-state index >= 15 is 0 Å². The van der Waals surface area contributed by atoms with Gasteiger partial charge in [0, 0.05) is 6.42 Å². The number of hydrazone groups is 1. The average molecular weight is 186 g/mol. The zero-order valence-electron chi connectivity index (χ0n) is 7.83. The molecule has 0 radical (unpaired) electrons. The van der Waals surface area contributed by atoms with E-state index in [1.54, 1.807) is 0 Å². The van der Waals surface area contributed by atoms with Crippen LogP contribution in [0.2, 0.25) is 0 Å². The molecule has 1 fully saturated rings. The molecule has 1 heterocycles. The van der Waals surface area contributed by atoms with Crippen molar-refractivity contribution in [2.24, 2.45) is 5.10 Å². The van der Waals surface area contributed by atoms with E-state index in [1.165, 1.54) is 13.8 Å². The monoisotopic (exact) mass is 186 g/mol. The Bertz CT molecular complexity index is 222. The highest BCUT2D eigenvalue weighted by Crippen LogP contribution is 2.01. The van der Waals surface area contributed by atoms with Gasteiger partial charge in [0.15, 0.2) is 0 Å². The van der Waals surface area contributed by atoms with Crippen LogP contribution in [0, 0.1) is 0 Å². The fourth-order valence-corrected chi connectivity index (χ4v) is 0.807. The van der Waals surface area contributed by atoms with Gasteiger partial charge in [0.2, 0.25) is 0 Å². The molecule has 1 amide bonds. The molecule has 0 aromatic rings. The lowest BCUT2D eigenvalue weighted by Crippen LogP contribution is -2.40. The highest BCUT2D eigenvalue weighted by atomic mass is 16.5. The first kappa shape index (κ1) is 10.1. The van der Waals surface area contributed by atoms with Gasteiger partial charge in [-0.25, -0.2) is 5.43 Å². The highest BCUT2D eigenvalue weighted by molar-refractivity contribution is 5.90. The topological polar surface area (TPSA) is 70.9 Å². The number of amides is 1. The molecule has 74 valence electrons. The van der Waals surface area contributed by atoms with Crippen molar-refractivity contribution in [3.63, 3.8) is 0 Å². The molecular weight excluding hydrogens is 172 g/mol. The van der Waals surface area contributed by atoms with Crippen molar-refractivity contribution in [3.8, 4) is 0 Å². The van der Waals surface area contributed by atoms with Crippen molar-refractivity contribution in [3.05, 3.63) is 0 Å². The number of hydrogen-bond acceptors (Lipinski definition) is 4. The molecule has 1 aliphatic heterocycles. The van der Waals surface area contributed by atoms with Gasteiger partial charge in [-0.3, -0.25) is 4.79 Å². The summed E-state index contributed by atoms with van der Waals surface area (Å²) in [5, 5.41) is 13.1. The van der Waals surface area contributed by atoms with Crippen LogP contribution in [0.25, 0.3) is 0 Å².